The molecule has 7 nitrogen and oxygen atoms in total. The van der Waals surface area contributed by atoms with Crippen LogP contribution >= 0.6 is 11.3 Å². The number of primary sulfonamides is 1. The van der Waals surface area contributed by atoms with Crippen molar-refractivity contribution in [1.82, 2.24) is 4.90 Å². The fourth-order valence-electron chi connectivity index (χ4n) is 3.97. The molecule has 1 heterocycles. The van der Waals surface area contributed by atoms with Crippen molar-refractivity contribution in [2.75, 3.05) is 31.6 Å². The molecule has 0 saturated carbocycles. The second kappa shape index (κ2) is 13.6. The molecule has 2 N–H and O–H groups in total. The molecule has 2 aromatic carbocycles. The van der Waals surface area contributed by atoms with Gasteiger partial charge in [0.1, 0.15) is 10.6 Å². The summed E-state index contributed by atoms with van der Waals surface area (Å²) in [6, 6.07) is 14.1. The van der Waals surface area contributed by atoms with Gasteiger partial charge in [0, 0.05) is 32.2 Å². The van der Waals surface area contributed by atoms with Crippen LogP contribution in [0.3, 0.4) is 0 Å². The summed E-state index contributed by atoms with van der Waals surface area (Å²) in [4.78, 5) is 17.0. The second-order valence-electron chi connectivity index (χ2n) is 9.09. The highest BCUT2D eigenvalue weighted by Crippen LogP contribution is 2.40. The number of hydrogen-bond donors (Lipinski definition) is 1. The maximum Gasteiger partial charge on any atom is 0.253 e. The Morgan fingerprint density at radius 3 is 2.24 bits per heavy atom. The van der Waals surface area contributed by atoms with Crippen LogP contribution in [0.1, 0.15) is 55.5 Å². The van der Waals surface area contributed by atoms with E-state index >= 15 is 0 Å². The number of para-hydroxylation sites is 1. The van der Waals surface area contributed by atoms with E-state index in [0.717, 1.165) is 37.7 Å². The van der Waals surface area contributed by atoms with Crippen molar-refractivity contribution in [3.8, 4) is 11.5 Å². The van der Waals surface area contributed by atoms with Crippen molar-refractivity contribution in [2.24, 2.45) is 5.14 Å². The average Bonchev–Trinajstić information content (AvgIpc) is 3.41. The molecule has 0 spiro atoms. The average molecular weight is 544 g/mol. The third-order valence-corrected chi connectivity index (χ3v) is 7.77. The Labute approximate surface area is 224 Å². The fraction of sp³-hybridized carbons (Fsp3) is 0.393. The highest BCUT2D eigenvalue weighted by atomic mass is 32.2. The van der Waals surface area contributed by atoms with Crippen LogP contribution in [0, 0.1) is 0 Å². The Morgan fingerprint density at radius 2 is 1.68 bits per heavy atom. The SMILES string of the molecule is CCCCN(CCCC)c1cc(C(=O)N(C)CCc2ccsc2)cc(S(N)(=O)=O)c1Oc1ccccc1. The minimum absolute atomic E-state index is 0.151. The quantitative estimate of drug-likeness (QED) is 0.273. The van der Waals surface area contributed by atoms with Crippen molar-refractivity contribution in [2.45, 2.75) is 50.8 Å². The molecule has 3 aromatic rings. The van der Waals surface area contributed by atoms with Crippen LogP contribution in [0.4, 0.5) is 5.69 Å². The number of sulfonamides is 1. The number of carbonyl (C=O) groups is 1. The van der Waals surface area contributed by atoms with Crippen molar-refractivity contribution in [1.29, 1.82) is 0 Å². The predicted octanol–water partition coefficient (Wildman–Crippen LogP) is 5.91. The van der Waals surface area contributed by atoms with Crippen LogP contribution in [0.5, 0.6) is 11.5 Å². The minimum atomic E-state index is -4.20. The monoisotopic (exact) mass is 543 g/mol. The molecule has 0 saturated heterocycles. The highest BCUT2D eigenvalue weighted by molar-refractivity contribution is 7.89. The second-order valence-corrected chi connectivity index (χ2v) is 11.4. The zero-order valence-electron chi connectivity index (χ0n) is 21.9. The lowest BCUT2D eigenvalue weighted by atomic mass is 10.1. The van der Waals surface area contributed by atoms with E-state index in [1.54, 1.807) is 41.5 Å². The van der Waals surface area contributed by atoms with Crippen molar-refractivity contribution < 1.29 is 17.9 Å². The largest absolute Gasteiger partial charge is 0.454 e. The van der Waals surface area contributed by atoms with E-state index in [-0.39, 0.29) is 22.1 Å². The molecule has 0 unspecified atom stereocenters. The van der Waals surface area contributed by atoms with Gasteiger partial charge in [-0.3, -0.25) is 4.79 Å². The Morgan fingerprint density at radius 1 is 1.00 bits per heavy atom. The van der Waals surface area contributed by atoms with Gasteiger partial charge < -0.3 is 14.5 Å². The lowest BCUT2D eigenvalue weighted by molar-refractivity contribution is 0.0796. The van der Waals surface area contributed by atoms with Gasteiger partial charge in [0.25, 0.3) is 5.91 Å². The Hall–Kier alpha value is -2.88. The maximum absolute atomic E-state index is 13.5. The van der Waals surface area contributed by atoms with E-state index in [2.05, 4.69) is 24.1 Å². The van der Waals surface area contributed by atoms with Crippen LogP contribution in [0.15, 0.2) is 64.2 Å². The molecular weight excluding hydrogens is 506 g/mol. The molecule has 0 atom stereocenters. The number of hydrogen-bond acceptors (Lipinski definition) is 6. The number of nitrogens with zero attached hydrogens (tertiary/aromatic N) is 2. The number of carbonyl (C=O) groups excluding carboxylic acids is 1. The topological polar surface area (TPSA) is 92.9 Å². The lowest BCUT2D eigenvalue weighted by Crippen LogP contribution is -2.31. The molecule has 0 aliphatic carbocycles. The first kappa shape index (κ1) is 28.7. The molecule has 0 bridgehead atoms. The van der Waals surface area contributed by atoms with E-state index in [1.165, 1.54) is 6.07 Å². The van der Waals surface area contributed by atoms with Crippen LogP contribution in [-0.4, -0.2) is 45.9 Å². The molecule has 3 rings (SSSR count). The van der Waals surface area contributed by atoms with Crippen LogP contribution < -0.4 is 14.8 Å². The number of unbranched alkanes of at least 4 members (excludes halogenated alkanes) is 2. The predicted molar refractivity (Wildman–Crippen MR) is 151 cm³/mol. The standard InChI is InChI=1S/C28H37N3O4S2/c1-4-6-15-31(16-7-5-2)25-19-23(28(32)30(3)17-13-22-14-18-36-21-22)20-26(37(29,33)34)27(25)35-24-11-9-8-10-12-24/h8-12,14,18-21H,4-7,13,15-17H2,1-3H3,(H2,29,33,34). The molecule has 0 aliphatic heterocycles. The third kappa shape index (κ3) is 8.05. The molecule has 0 aliphatic rings. The first-order valence-electron chi connectivity index (χ1n) is 12.7. The summed E-state index contributed by atoms with van der Waals surface area (Å²) in [7, 11) is -2.47. The van der Waals surface area contributed by atoms with Gasteiger partial charge in [0.15, 0.2) is 5.75 Å². The van der Waals surface area contributed by atoms with E-state index in [0.29, 0.717) is 31.1 Å². The molecule has 1 amide bonds. The van der Waals surface area contributed by atoms with Gasteiger partial charge in [0.05, 0.1) is 5.69 Å². The van der Waals surface area contributed by atoms with E-state index in [4.69, 9.17) is 9.88 Å². The van der Waals surface area contributed by atoms with Gasteiger partial charge in [-0.15, -0.1) is 0 Å². The van der Waals surface area contributed by atoms with Gasteiger partial charge >= 0.3 is 0 Å². The van der Waals surface area contributed by atoms with Crippen molar-refractivity contribution in [3.05, 3.63) is 70.4 Å². The number of likely N-dealkylation sites (N-methyl/N-ethyl adjacent to an activating group) is 1. The van der Waals surface area contributed by atoms with E-state index in [1.807, 2.05) is 29.6 Å². The Kier molecular flexibility index (Phi) is 10.5. The molecule has 9 heteroatoms. The van der Waals surface area contributed by atoms with Crippen molar-refractivity contribution >= 4 is 33.0 Å². The van der Waals surface area contributed by atoms with Gasteiger partial charge in [-0.25, -0.2) is 13.6 Å². The normalized spacial score (nSPS) is 11.4. The zero-order chi connectivity index (χ0) is 26.8. The number of nitrogens with two attached hydrogens (primary N) is 1. The fourth-order valence-corrected chi connectivity index (χ4v) is 5.37. The highest BCUT2D eigenvalue weighted by Gasteiger charge is 2.27. The molecule has 0 radical (unpaired) electrons. The lowest BCUT2D eigenvalue weighted by Gasteiger charge is -2.29. The summed E-state index contributed by atoms with van der Waals surface area (Å²) in [5.74, 6) is 0.378. The Balaban J connectivity index is 2.10. The number of amides is 1. The first-order valence-corrected chi connectivity index (χ1v) is 15.2. The summed E-state index contributed by atoms with van der Waals surface area (Å²) in [5.41, 5.74) is 1.99. The molecule has 1 aromatic heterocycles. The smallest absolute Gasteiger partial charge is 0.253 e. The summed E-state index contributed by atoms with van der Waals surface area (Å²) in [6.45, 7) is 6.14. The van der Waals surface area contributed by atoms with E-state index in [9.17, 15) is 13.2 Å². The van der Waals surface area contributed by atoms with Gasteiger partial charge in [0.2, 0.25) is 10.0 Å². The first-order chi connectivity index (χ1) is 17.7. The van der Waals surface area contributed by atoms with Gasteiger partial charge in [-0.05, 0) is 65.9 Å². The number of rotatable bonds is 14. The Bertz CT molecular complexity index is 1240. The molecular formula is C28H37N3O4S2. The van der Waals surface area contributed by atoms with Crippen LogP contribution in [0.25, 0.3) is 0 Å². The number of benzene rings is 2. The van der Waals surface area contributed by atoms with Crippen LogP contribution in [-0.2, 0) is 16.4 Å². The van der Waals surface area contributed by atoms with Gasteiger partial charge in [-0.2, -0.15) is 11.3 Å². The number of thiophene rings is 1. The van der Waals surface area contributed by atoms with Gasteiger partial charge in [-0.1, -0.05) is 44.9 Å². The minimum Gasteiger partial charge on any atom is -0.454 e. The molecule has 0 fully saturated rings. The summed E-state index contributed by atoms with van der Waals surface area (Å²) < 4.78 is 31.8. The molecule has 200 valence electrons. The maximum atomic E-state index is 13.5. The van der Waals surface area contributed by atoms with Crippen molar-refractivity contribution in [3.63, 3.8) is 0 Å². The molecule has 37 heavy (non-hydrogen) atoms. The number of anilines is 1. The number of ether oxygens (including phenoxy) is 1. The summed E-state index contributed by atoms with van der Waals surface area (Å²) in [6.07, 6.45) is 4.50. The van der Waals surface area contributed by atoms with E-state index < -0.39 is 10.0 Å². The summed E-state index contributed by atoms with van der Waals surface area (Å²) in [5, 5.41) is 9.77. The third-order valence-electron chi connectivity index (χ3n) is 6.12. The zero-order valence-corrected chi connectivity index (χ0v) is 23.5. The summed E-state index contributed by atoms with van der Waals surface area (Å²) >= 11 is 1.62. The van der Waals surface area contributed by atoms with Crippen LogP contribution in [0.2, 0.25) is 0 Å².